The van der Waals surface area contributed by atoms with Gasteiger partial charge in [0.25, 0.3) is 0 Å². The fourth-order valence-electron chi connectivity index (χ4n) is 8.59. The number of Topliss-reactive ketones (excluding diaryl/α,β-unsaturated/α-hetero) is 1. The van der Waals surface area contributed by atoms with Crippen LogP contribution in [0.1, 0.15) is 127 Å². The van der Waals surface area contributed by atoms with Gasteiger partial charge in [-0.2, -0.15) is 0 Å². The molecule has 262 valence electrons. The molecule has 0 saturated heterocycles. The van der Waals surface area contributed by atoms with Gasteiger partial charge in [0.2, 0.25) is 0 Å². The minimum Gasteiger partial charge on any atom is -0.414 e. The number of carbonyl (C=O) groups is 1. The third-order valence-corrected chi connectivity index (χ3v) is 23.0. The van der Waals surface area contributed by atoms with Crippen LogP contribution >= 0.6 is 0 Å². The van der Waals surface area contributed by atoms with Crippen molar-refractivity contribution in [1.82, 2.24) is 0 Å². The fourth-order valence-corrected chi connectivity index (χ4v) is 11.3. The number of rotatable bonds is 10. The summed E-state index contributed by atoms with van der Waals surface area (Å²) < 4.78 is 14.1. The second-order valence-electron chi connectivity index (χ2n) is 19.2. The van der Waals surface area contributed by atoms with Gasteiger partial charge >= 0.3 is 0 Å². The van der Waals surface area contributed by atoms with Crippen LogP contribution in [0.5, 0.6) is 0 Å². The van der Waals surface area contributed by atoms with E-state index in [4.69, 9.17) is 8.85 Å². The maximum absolute atomic E-state index is 12.1. The van der Waals surface area contributed by atoms with Gasteiger partial charge in [-0.05, 0) is 131 Å². The molecule has 0 aromatic carbocycles. The normalized spacial score (nSPS) is 32.8. The Hall–Kier alpha value is -0.796. The lowest BCUT2D eigenvalue weighted by Crippen LogP contribution is -2.48. The molecule has 4 saturated carbocycles. The molecule has 4 aliphatic carbocycles. The summed E-state index contributed by atoms with van der Waals surface area (Å²) in [6.07, 6.45) is 19.9. The first-order valence-corrected chi connectivity index (χ1v) is 24.5. The zero-order valence-corrected chi connectivity index (χ0v) is 34.0. The lowest BCUT2D eigenvalue weighted by atomic mass is 9.61. The van der Waals surface area contributed by atoms with E-state index in [-0.39, 0.29) is 33.5 Å². The summed E-state index contributed by atoms with van der Waals surface area (Å²) in [4.78, 5) is 12.1. The van der Waals surface area contributed by atoms with E-state index in [9.17, 15) is 9.90 Å². The molecule has 4 aliphatic rings. The monoisotopic (exact) mass is 670 g/mol. The number of aliphatic hydroxyl groups is 1. The molecular formula is C40H70O4Si2. The predicted octanol–water partition coefficient (Wildman–Crippen LogP) is 10.9. The zero-order valence-electron chi connectivity index (χ0n) is 32.0. The second kappa shape index (κ2) is 13.5. The van der Waals surface area contributed by atoms with Gasteiger partial charge in [-0.15, -0.1) is 0 Å². The molecule has 0 heterocycles. The number of hydrogen-bond acceptors (Lipinski definition) is 4. The van der Waals surface area contributed by atoms with Crippen LogP contribution in [0, 0.1) is 28.6 Å². The maximum Gasteiger partial charge on any atom is 0.192 e. The Morgan fingerprint density at radius 1 is 0.891 bits per heavy atom. The molecule has 0 unspecified atom stereocenters. The maximum atomic E-state index is 12.1. The highest BCUT2D eigenvalue weighted by Gasteiger charge is 2.53. The number of fused-ring (bicyclic) bond motifs is 1. The van der Waals surface area contributed by atoms with Crippen molar-refractivity contribution >= 4 is 22.4 Å². The molecule has 0 aliphatic heterocycles. The molecule has 0 radical (unpaired) electrons. The molecule has 4 nitrogen and oxygen atoms in total. The minimum atomic E-state index is -1.90. The first-order valence-electron chi connectivity index (χ1n) is 18.6. The minimum absolute atomic E-state index is 0.134. The van der Waals surface area contributed by atoms with Gasteiger partial charge < -0.3 is 14.0 Å². The van der Waals surface area contributed by atoms with Crippen molar-refractivity contribution in [3.8, 4) is 0 Å². The van der Waals surface area contributed by atoms with Crippen LogP contribution in [0.2, 0.25) is 36.3 Å². The predicted molar refractivity (Wildman–Crippen MR) is 199 cm³/mol. The van der Waals surface area contributed by atoms with Crippen LogP contribution in [-0.4, -0.2) is 45.8 Å². The van der Waals surface area contributed by atoms with Crippen molar-refractivity contribution < 1.29 is 18.8 Å². The van der Waals surface area contributed by atoms with Crippen molar-refractivity contribution in [3.05, 3.63) is 35.5 Å². The van der Waals surface area contributed by atoms with Crippen molar-refractivity contribution in [2.24, 2.45) is 28.6 Å². The molecule has 6 heteroatoms. The Labute approximate surface area is 285 Å². The van der Waals surface area contributed by atoms with Crippen LogP contribution in [0.4, 0.5) is 0 Å². The molecule has 0 aromatic rings. The van der Waals surface area contributed by atoms with Crippen molar-refractivity contribution in [1.29, 1.82) is 0 Å². The van der Waals surface area contributed by atoms with E-state index >= 15 is 0 Å². The Balaban J connectivity index is 1.52. The lowest BCUT2D eigenvalue weighted by molar-refractivity contribution is -0.124. The van der Waals surface area contributed by atoms with E-state index in [1.165, 1.54) is 37.7 Å². The average molecular weight is 671 g/mol. The third kappa shape index (κ3) is 7.98. The van der Waals surface area contributed by atoms with Crippen molar-refractivity contribution in [2.75, 3.05) is 0 Å². The van der Waals surface area contributed by atoms with E-state index in [1.807, 2.05) is 6.08 Å². The van der Waals surface area contributed by atoms with E-state index in [1.54, 1.807) is 12.5 Å². The highest BCUT2D eigenvalue weighted by molar-refractivity contribution is 6.74. The van der Waals surface area contributed by atoms with Gasteiger partial charge in [-0.1, -0.05) is 90.8 Å². The van der Waals surface area contributed by atoms with Gasteiger partial charge in [-0.25, -0.2) is 0 Å². The lowest BCUT2D eigenvalue weighted by Gasteiger charge is -2.45. The summed E-state index contributed by atoms with van der Waals surface area (Å²) in [5.74, 6) is 1.75. The molecule has 0 spiro atoms. The highest BCUT2D eigenvalue weighted by atomic mass is 28.4. The van der Waals surface area contributed by atoms with Gasteiger partial charge in [0.1, 0.15) is 5.78 Å². The molecule has 0 bridgehead atoms. The van der Waals surface area contributed by atoms with Gasteiger partial charge in [0.05, 0.1) is 23.7 Å². The molecule has 0 amide bonds. The molecule has 1 N–H and O–H groups in total. The largest absolute Gasteiger partial charge is 0.414 e. The number of ketones is 1. The number of hydrogen-bond donors (Lipinski definition) is 1. The quantitative estimate of drug-likeness (QED) is 0.186. The SMILES string of the molecule is CC(=O)C1([C@@H](O)/C=C/[C@@H](C)[C@H]2CC[C@H]3/C(=C/C=C4C[C@@H](O[Si](C)(C)C(C)(C)C)C[C@H](O[Si](C)(C)C(C)(C)C)C4)CCC[C@]23C)CC1. The molecule has 46 heavy (non-hydrogen) atoms. The van der Waals surface area contributed by atoms with E-state index in [2.05, 4.69) is 99.8 Å². The van der Waals surface area contributed by atoms with Crippen LogP contribution < -0.4 is 0 Å². The summed E-state index contributed by atoms with van der Waals surface area (Å²) in [6.45, 7) is 30.1. The molecule has 4 fully saturated rings. The Morgan fingerprint density at radius 2 is 1.43 bits per heavy atom. The van der Waals surface area contributed by atoms with Crippen LogP contribution in [-0.2, 0) is 13.6 Å². The summed E-state index contributed by atoms with van der Waals surface area (Å²) in [5, 5.41) is 11.2. The zero-order chi connectivity index (χ0) is 34.5. The summed E-state index contributed by atoms with van der Waals surface area (Å²) in [6, 6.07) is 0. The molecular weight excluding hydrogens is 601 g/mol. The Kier molecular flexibility index (Phi) is 11.1. The first-order chi connectivity index (χ1) is 21.0. The fraction of sp³-hybridized carbons (Fsp3) is 0.825. The Morgan fingerprint density at radius 3 is 1.91 bits per heavy atom. The third-order valence-electron chi connectivity index (χ3n) is 13.9. The first kappa shape index (κ1) is 38.0. The van der Waals surface area contributed by atoms with E-state index < -0.39 is 28.2 Å². The van der Waals surface area contributed by atoms with Crippen LogP contribution in [0.25, 0.3) is 0 Å². The number of aliphatic hydroxyl groups excluding tert-OH is 1. The van der Waals surface area contributed by atoms with E-state index in [0.29, 0.717) is 17.8 Å². The molecule has 0 aromatic heterocycles. The van der Waals surface area contributed by atoms with Crippen LogP contribution in [0.3, 0.4) is 0 Å². The van der Waals surface area contributed by atoms with Gasteiger partial charge in [-0.3, -0.25) is 4.79 Å². The smallest absolute Gasteiger partial charge is 0.192 e. The average Bonchev–Trinajstić information content (AvgIpc) is 3.65. The molecule has 7 atom stereocenters. The highest BCUT2D eigenvalue weighted by Crippen LogP contribution is 2.60. The van der Waals surface area contributed by atoms with Crippen molar-refractivity contribution in [2.45, 2.75) is 181 Å². The topological polar surface area (TPSA) is 55.8 Å². The van der Waals surface area contributed by atoms with Gasteiger partial charge in [0.15, 0.2) is 16.6 Å². The second-order valence-corrected chi connectivity index (χ2v) is 28.7. The summed E-state index contributed by atoms with van der Waals surface area (Å²) >= 11 is 0. The van der Waals surface area contributed by atoms with Crippen molar-refractivity contribution in [3.63, 3.8) is 0 Å². The number of carbonyl (C=O) groups excluding carboxylic acids is 1. The van der Waals surface area contributed by atoms with Gasteiger partial charge in [0, 0.05) is 0 Å². The van der Waals surface area contributed by atoms with Crippen LogP contribution in [0.15, 0.2) is 35.5 Å². The Bertz CT molecular complexity index is 1160. The number of allylic oxidation sites excluding steroid dienone is 4. The standard InChI is InChI=1S/C40H70O4Si2/c1-28(16-21-36(42)40(23-24-40)29(2)41)34-19-20-35-31(15-14-22-39(34,35)9)18-17-30-25-32(43-45(10,11)37(3,4)5)27-33(26-30)44-46(12,13)38(6,7)8/h16-18,21,28,32-36,42H,14-15,19-20,22-27H2,1-13H3/b21-16+,31-18+/t28-,32-,33-,34-,35+,36+,39-/m1/s1. The summed E-state index contributed by atoms with van der Waals surface area (Å²) in [5.41, 5.74) is 2.92. The summed E-state index contributed by atoms with van der Waals surface area (Å²) in [7, 11) is -3.80. The molecule has 4 rings (SSSR count). The van der Waals surface area contributed by atoms with E-state index in [0.717, 1.165) is 32.1 Å².